The predicted octanol–water partition coefficient (Wildman–Crippen LogP) is 0.838. The second kappa shape index (κ2) is 4.70. The molecule has 0 unspecified atom stereocenters. The molecule has 0 aliphatic rings. The van der Waals surface area contributed by atoms with E-state index in [1.165, 1.54) is 14.2 Å². The first-order valence-corrected chi connectivity index (χ1v) is 4.10. The number of benzene rings is 1. The number of hydrazine groups is 1. The Bertz CT molecular complexity index is 383. The molecule has 1 aromatic carbocycles. The SMILES string of the molecule is CNNC(=O)c1cc(F)c(OC)cc1F. The summed E-state index contributed by atoms with van der Waals surface area (Å²) < 4.78 is 31.0. The molecule has 0 bridgehead atoms. The third-order valence-corrected chi connectivity index (χ3v) is 1.72. The quantitative estimate of drug-likeness (QED) is 0.736. The molecule has 0 aromatic heterocycles. The second-order valence-corrected chi connectivity index (χ2v) is 2.67. The first kappa shape index (κ1) is 11.4. The summed E-state index contributed by atoms with van der Waals surface area (Å²) in [5, 5.41) is 0. The van der Waals surface area contributed by atoms with Gasteiger partial charge in [0.05, 0.1) is 12.7 Å². The summed E-state index contributed by atoms with van der Waals surface area (Å²) in [6.45, 7) is 0. The minimum Gasteiger partial charge on any atom is -0.494 e. The lowest BCUT2D eigenvalue weighted by molar-refractivity contribution is 0.0933. The zero-order valence-electron chi connectivity index (χ0n) is 8.23. The van der Waals surface area contributed by atoms with E-state index in [2.05, 4.69) is 15.6 Å². The lowest BCUT2D eigenvalue weighted by Gasteiger charge is -2.07. The molecule has 6 heteroatoms. The van der Waals surface area contributed by atoms with Crippen LogP contribution in [0, 0.1) is 11.6 Å². The molecule has 0 aliphatic carbocycles. The van der Waals surface area contributed by atoms with Crippen molar-refractivity contribution in [1.29, 1.82) is 0 Å². The topological polar surface area (TPSA) is 50.4 Å². The maximum Gasteiger partial charge on any atom is 0.268 e. The summed E-state index contributed by atoms with van der Waals surface area (Å²) in [4.78, 5) is 11.2. The van der Waals surface area contributed by atoms with Crippen LogP contribution in [0.15, 0.2) is 12.1 Å². The highest BCUT2D eigenvalue weighted by atomic mass is 19.1. The Hall–Kier alpha value is -1.69. The Labute approximate surface area is 85.2 Å². The highest BCUT2D eigenvalue weighted by Crippen LogP contribution is 2.20. The molecule has 0 atom stereocenters. The predicted molar refractivity (Wildman–Crippen MR) is 49.4 cm³/mol. The maximum absolute atomic E-state index is 13.3. The van der Waals surface area contributed by atoms with Gasteiger partial charge in [0.2, 0.25) is 0 Å². The van der Waals surface area contributed by atoms with E-state index < -0.39 is 17.5 Å². The van der Waals surface area contributed by atoms with Gasteiger partial charge in [-0.15, -0.1) is 0 Å². The van der Waals surface area contributed by atoms with Gasteiger partial charge in [-0.2, -0.15) is 0 Å². The van der Waals surface area contributed by atoms with E-state index in [-0.39, 0.29) is 11.3 Å². The lowest BCUT2D eigenvalue weighted by atomic mass is 10.2. The number of methoxy groups -OCH3 is 1. The minimum atomic E-state index is -0.846. The zero-order valence-corrected chi connectivity index (χ0v) is 8.23. The number of carbonyl (C=O) groups excluding carboxylic acids is 1. The van der Waals surface area contributed by atoms with Crippen LogP contribution in [-0.4, -0.2) is 20.1 Å². The minimum absolute atomic E-state index is 0.242. The number of amides is 1. The molecule has 0 saturated carbocycles. The summed E-state index contributed by atoms with van der Waals surface area (Å²) >= 11 is 0. The van der Waals surface area contributed by atoms with E-state index >= 15 is 0 Å². The van der Waals surface area contributed by atoms with Gasteiger partial charge >= 0.3 is 0 Å². The van der Waals surface area contributed by atoms with Crippen LogP contribution in [0.3, 0.4) is 0 Å². The molecule has 15 heavy (non-hydrogen) atoms. The number of carbonyl (C=O) groups is 1. The van der Waals surface area contributed by atoms with E-state index in [1.54, 1.807) is 0 Å². The first-order chi connectivity index (χ1) is 7.10. The summed E-state index contributed by atoms with van der Waals surface area (Å²) in [5.74, 6) is -2.63. The van der Waals surface area contributed by atoms with Gasteiger partial charge < -0.3 is 4.74 Å². The molecule has 4 nitrogen and oxygen atoms in total. The fourth-order valence-electron chi connectivity index (χ4n) is 1.04. The Morgan fingerprint density at radius 2 is 2.00 bits per heavy atom. The molecule has 0 fully saturated rings. The molecule has 1 rings (SSSR count). The number of halogens is 2. The van der Waals surface area contributed by atoms with Crippen molar-refractivity contribution in [2.24, 2.45) is 0 Å². The lowest BCUT2D eigenvalue weighted by Crippen LogP contribution is -2.34. The van der Waals surface area contributed by atoms with Gasteiger partial charge in [-0.05, 0) is 6.07 Å². The summed E-state index contributed by atoms with van der Waals surface area (Å²) in [5.41, 5.74) is 4.07. The molecule has 0 saturated heterocycles. The monoisotopic (exact) mass is 216 g/mol. The average Bonchev–Trinajstić information content (AvgIpc) is 2.21. The normalized spacial score (nSPS) is 9.87. The molecule has 0 aliphatic heterocycles. The largest absolute Gasteiger partial charge is 0.494 e. The molecular formula is C9H10F2N2O2. The summed E-state index contributed by atoms with van der Waals surface area (Å²) in [7, 11) is 2.65. The Morgan fingerprint density at radius 3 is 2.53 bits per heavy atom. The van der Waals surface area contributed by atoms with Crippen molar-refractivity contribution in [3.05, 3.63) is 29.3 Å². The van der Waals surface area contributed by atoms with E-state index in [9.17, 15) is 13.6 Å². The third-order valence-electron chi connectivity index (χ3n) is 1.72. The standard InChI is InChI=1S/C9H10F2N2O2/c1-12-13-9(14)5-3-7(11)8(15-2)4-6(5)10/h3-4,12H,1-2H3,(H,13,14). The van der Waals surface area contributed by atoms with Crippen molar-refractivity contribution in [1.82, 2.24) is 10.9 Å². The first-order valence-electron chi connectivity index (χ1n) is 4.10. The summed E-state index contributed by atoms with van der Waals surface area (Å²) in [6.07, 6.45) is 0. The van der Waals surface area contributed by atoms with Crippen molar-refractivity contribution >= 4 is 5.91 Å². The molecule has 82 valence electrons. The van der Waals surface area contributed by atoms with Crippen LogP contribution in [-0.2, 0) is 0 Å². The van der Waals surface area contributed by atoms with E-state index in [1.807, 2.05) is 0 Å². The number of hydrogen-bond acceptors (Lipinski definition) is 3. The number of ether oxygens (including phenoxy) is 1. The molecular weight excluding hydrogens is 206 g/mol. The van der Waals surface area contributed by atoms with E-state index in [0.29, 0.717) is 0 Å². The third kappa shape index (κ3) is 2.41. The van der Waals surface area contributed by atoms with Gasteiger partial charge in [-0.1, -0.05) is 0 Å². The van der Waals surface area contributed by atoms with Crippen molar-refractivity contribution < 1.29 is 18.3 Å². The number of hydrogen-bond donors (Lipinski definition) is 2. The average molecular weight is 216 g/mol. The van der Waals surface area contributed by atoms with Crippen molar-refractivity contribution in [2.45, 2.75) is 0 Å². The van der Waals surface area contributed by atoms with E-state index in [4.69, 9.17) is 0 Å². The van der Waals surface area contributed by atoms with Gasteiger partial charge in [0, 0.05) is 13.1 Å². The summed E-state index contributed by atoms with van der Waals surface area (Å²) in [6, 6.07) is 1.60. The maximum atomic E-state index is 13.3. The van der Waals surface area contributed by atoms with Gasteiger partial charge in [-0.25, -0.2) is 14.2 Å². The van der Waals surface area contributed by atoms with E-state index in [0.717, 1.165) is 12.1 Å². The van der Waals surface area contributed by atoms with Gasteiger partial charge in [0.1, 0.15) is 5.82 Å². The highest BCUT2D eigenvalue weighted by molar-refractivity contribution is 5.94. The fourth-order valence-corrected chi connectivity index (χ4v) is 1.04. The van der Waals surface area contributed by atoms with Crippen molar-refractivity contribution in [3.8, 4) is 5.75 Å². The van der Waals surface area contributed by atoms with Gasteiger partial charge in [0.25, 0.3) is 5.91 Å². The van der Waals surface area contributed by atoms with Crippen LogP contribution in [0.25, 0.3) is 0 Å². The van der Waals surface area contributed by atoms with Crippen LogP contribution in [0.1, 0.15) is 10.4 Å². The highest BCUT2D eigenvalue weighted by Gasteiger charge is 2.15. The van der Waals surface area contributed by atoms with Crippen LogP contribution in [0.2, 0.25) is 0 Å². The molecule has 1 aromatic rings. The van der Waals surface area contributed by atoms with Crippen LogP contribution in [0.4, 0.5) is 8.78 Å². The van der Waals surface area contributed by atoms with Crippen molar-refractivity contribution in [3.63, 3.8) is 0 Å². The molecule has 0 spiro atoms. The van der Waals surface area contributed by atoms with Crippen LogP contribution in [0.5, 0.6) is 5.75 Å². The molecule has 0 radical (unpaired) electrons. The van der Waals surface area contributed by atoms with Crippen LogP contribution >= 0.6 is 0 Å². The number of rotatable bonds is 3. The number of nitrogens with one attached hydrogen (secondary N) is 2. The Kier molecular flexibility index (Phi) is 3.56. The second-order valence-electron chi connectivity index (χ2n) is 2.67. The fraction of sp³-hybridized carbons (Fsp3) is 0.222. The Morgan fingerprint density at radius 1 is 1.33 bits per heavy atom. The molecule has 1 amide bonds. The Balaban J connectivity index is 3.10. The molecule has 0 heterocycles. The van der Waals surface area contributed by atoms with Gasteiger partial charge in [-0.3, -0.25) is 10.2 Å². The van der Waals surface area contributed by atoms with Crippen LogP contribution < -0.4 is 15.6 Å². The van der Waals surface area contributed by atoms with Gasteiger partial charge in [0.15, 0.2) is 11.6 Å². The zero-order chi connectivity index (χ0) is 11.4. The molecule has 2 N–H and O–H groups in total. The van der Waals surface area contributed by atoms with Crippen molar-refractivity contribution in [2.75, 3.05) is 14.2 Å². The smallest absolute Gasteiger partial charge is 0.268 e.